The molecule has 92 heavy (non-hydrogen) atoms. The Kier molecular flexibility index (Phi) is 49.2. The molecule has 17 atom stereocenters. The van der Waals surface area contributed by atoms with Crippen molar-refractivity contribution < 1.29 is 89.4 Å². The van der Waals surface area contributed by atoms with E-state index in [0.717, 1.165) is 77.0 Å². The molecule has 19 nitrogen and oxygen atoms in total. The fourth-order valence-electron chi connectivity index (χ4n) is 11.9. The second kappa shape index (κ2) is 54.3. The van der Waals surface area contributed by atoms with E-state index in [4.69, 9.17) is 28.4 Å². The average molecular weight is 1310 g/mol. The number of hydrogen-bond acceptors (Lipinski definition) is 18. The smallest absolute Gasteiger partial charge is 0.220 e. The van der Waals surface area contributed by atoms with Crippen LogP contribution in [0.1, 0.15) is 251 Å². The van der Waals surface area contributed by atoms with E-state index >= 15 is 0 Å². The fraction of sp³-hybridized carbons (Fsp3) is 0.822. The molecule has 17 unspecified atom stereocenters. The first kappa shape index (κ1) is 83.5. The summed E-state index contributed by atoms with van der Waals surface area (Å²) in [6.07, 6.45) is 41.6. The summed E-state index contributed by atoms with van der Waals surface area (Å²) < 4.78 is 34.4. The standard InChI is InChI=1S/C73H129NO18/c1-3-5-7-9-11-13-15-17-19-21-23-25-27-28-29-31-33-35-37-39-41-43-45-47-49-51-61(79)74-56(57(78)50-48-46-44-42-40-38-36-34-32-30-26-24-22-20-18-16-14-12-10-8-6-4-2)55-87-71-67(85)64(82)69(59(53-76)89-71)92-73-68(86)65(83)70(60(54-77)90-73)91-72-66(84)63(81)62(80)58(52-75)88-72/h5,7,11,13,17,19,23,25,40,42,48,50,56-60,62-73,75-78,80-86H,3-4,6,8-10,12,14-16,18,20-22,24,26-39,41,43-47,49,51-55H2,1-2H3,(H,74,79)/b7-5-,13-11-,19-17-,25-23-,42-40+,50-48+. The van der Waals surface area contributed by atoms with Crippen LogP contribution in [0.5, 0.6) is 0 Å². The highest BCUT2D eigenvalue weighted by molar-refractivity contribution is 5.76. The number of ether oxygens (including phenoxy) is 6. The van der Waals surface area contributed by atoms with E-state index in [0.29, 0.717) is 12.8 Å². The maximum absolute atomic E-state index is 13.4. The third-order valence-corrected chi connectivity index (χ3v) is 17.7. The molecule has 3 aliphatic heterocycles. The first-order chi connectivity index (χ1) is 44.8. The second-order valence-electron chi connectivity index (χ2n) is 25.7. The molecular weight excluding hydrogens is 1180 g/mol. The van der Waals surface area contributed by atoms with Gasteiger partial charge in [0.2, 0.25) is 5.91 Å². The molecule has 0 aromatic carbocycles. The Morgan fingerprint density at radius 1 is 0.402 bits per heavy atom. The zero-order chi connectivity index (χ0) is 66.8. The lowest BCUT2D eigenvalue weighted by molar-refractivity contribution is -0.379. The predicted octanol–water partition coefficient (Wildman–Crippen LogP) is 10.1. The number of carbonyl (C=O) groups is 1. The average Bonchev–Trinajstić information content (AvgIpc) is 0.837. The van der Waals surface area contributed by atoms with Crippen LogP contribution in [-0.2, 0) is 33.2 Å². The van der Waals surface area contributed by atoms with Crippen molar-refractivity contribution in [1.82, 2.24) is 5.32 Å². The van der Waals surface area contributed by atoms with Gasteiger partial charge in [-0.25, -0.2) is 0 Å². The van der Waals surface area contributed by atoms with Gasteiger partial charge in [-0.2, -0.15) is 0 Å². The largest absolute Gasteiger partial charge is 0.394 e. The normalized spacial score (nSPS) is 28.1. The third kappa shape index (κ3) is 35.5. The summed E-state index contributed by atoms with van der Waals surface area (Å²) in [5.41, 5.74) is 0. The lowest BCUT2D eigenvalue weighted by atomic mass is 9.96. The highest BCUT2D eigenvalue weighted by Gasteiger charge is 2.53. The Labute approximate surface area is 553 Å². The van der Waals surface area contributed by atoms with Crippen molar-refractivity contribution in [3.8, 4) is 0 Å². The Bertz CT molecular complexity index is 1950. The van der Waals surface area contributed by atoms with Crippen LogP contribution >= 0.6 is 0 Å². The number of unbranched alkanes of at least 4 members (excludes halogenated alkanes) is 29. The molecule has 0 aliphatic carbocycles. The van der Waals surface area contributed by atoms with Gasteiger partial charge in [-0.15, -0.1) is 0 Å². The van der Waals surface area contributed by atoms with Crippen LogP contribution in [0.3, 0.4) is 0 Å². The molecule has 19 heteroatoms. The summed E-state index contributed by atoms with van der Waals surface area (Å²) in [7, 11) is 0. The number of nitrogens with one attached hydrogen (secondary N) is 1. The van der Waals surface area contributed by atoms with Gasteiger partial charge in [0.05, 0.1) is 38.6 Å². The number of aliphatic hydroxyl groups is 11. The Morgan fingerprint density at radius 2 is 0.761 bits per heavy atom. The predicted molar refractivity (Wildman–Crippen MR) is 360 cm³/mol. The molecule has 1 amide bonds. The summed E-state index contributed by atoms with van der Waals surface area (Å²) in [6, 6.07) is -0.995. The molecule has 0 spiro atoms. The highest BCUT2D eigenvalue weighted by atomic mass is 16.8. The van der Waals surface area contributed by atoms with Gasteiger partial charge in [-0.05, 0) is 70.6 Å². The third-order valence-electron chi connectivity index (χ3n) is 17.7. The fourth-order valence-corrected chi connectivity index (χ4v) is 11.9. The number of carbonyl (C=O) groups excluding carboxylic acids is 1. The molecule has 3 heterocycles. The van der Waals surface area contributed by atoms with Gasteiger partial charge >= 0.3 is 0 Å². The SMILES string of the molecule is CC/C=C\C/C=C\C/C=C\C/C=C\CCCCCCCCCCCCCCC(=O)NC(COC1OC(CO)C(OC2OC(CO)C(OC3OC(CO)C(O)C(O)C3O)C(O)C2O)C(O)C1O)C(O)/C=C/CC/C=C/CCCCCCCCCCCCCCCCCC. The molecule has 3 saturated heterocycles. The van der Waals surface area contributed by atoms with Gasteiger partial charge in [-0.1, -0.05) is 247 Å². The number of amides is 1. The van der Waals surface area contributed by atoms with E-state index in [-0.39, 0.29) is 18.9 Å². The molecular formula is C73H129NO18. The summed E-state index contributed by atoms with van der Waals surface area (Å²) in [5.74, 6) is -0.288. The van der Waals surface area contributed by atoms with Crippen molar-refractivity contribution >= 4 is 5.91 Å². The van der Waals surface area contributed by atoms with Crippen LogP contribution in [-0.4, -0.2) is 193 Å². The molecule has 0 aromatic heterocycles. The van der Waals surface area contributed by atoms with Crippen LogP contribution in [0, 0.1) is 0 Å². The van der Waals surface area contributed by atoms with Crippen molar-refractivity contribution in [2.24, 2.45) is 0 Å². The second-order valence-corrected chi connectivity index (χ2v) is 25.7. The topological polar surface area (TPSA) is 307 Å². The molecule has 3 fully saturated rings. The van der Waals surface area contributed by atoms with Crippen molar-refractivity contribution in [3.63, 3.8) is 0 Å². The first-order valence-electron chi connectivity index (χ1n) is 36.2. The molecule has 3 rings (SSSR count). The van der Waals surface area contributed by atoms with Crippen LogP contribution in [0.15, 0.2) is 72.9 Å². The molecule has 12 N–H and O–H groups in total. The van der Waals surface area contributed by atoms with E-state index in [1.165, 1.54) is 141 Å². The number of rotatable bonds is 55. The lowest BCUT2D eigenvalue weighted by Crippen LogP contribution is -2.66. The lowest BCUT2D eigenvalue weighted by Gasteiger charge is -2.48. The summed E-state index contributed by atoms with van der Waals surface area (Å²) in [5, 5.41) is 121. The highest BCUT2D eigenvalue weighted by Crippen LogP contribution is 2.33. The number of allylic oxidation sites excluding steroid dienone is 11. The summed E-state index contributed by atoms with van der Waals surface area (Å²) >= 11 is 0. The van der Waals surface area contributed by atoms with Gasteiger partial charge in [-0.3, -0.25) is 4.79 Å². The van der Waals surface area contributed by atoms with Gasteiger partial charge in [0.25, 0.3) is 0 Å². The number of hydrogen-bond donors (Lipinski definition) is 12. The van der Waals surface area contributed by atoms with E-state index in [1.807, 2.05) is 6.08 Å². The van der Waals surface area contributed by atoms with Gasteiger partial charge in [0.1, 0.15) is 73.2 Å². The Morgan fingerprint density at radius 3 is 1.22 bits per heavy atom. The van der Waals surface area contributed by atoms with Crippen molar-refractivity contribution in [2.45, 2.75) is 356 Å². The Balaban J connectivity index is 1.44. The van der Waals surface area contributed by atoms with Crippen molar-refractivity contribution in [3.05, 3.63) is 72.9 Å². The first-order valence-corrected chi connectivity index (χ1v) is 36.2. The van der Waals surface area contributed by atoms with Crippen molar-refractivity contribution in [1.29, 1.82) is 0 Å². The zero-order valence-electron chi connectivity index (χ0n) is 56.5. The molecule has 0 radical (unpaired) electrons. The monoisotopic (exact) mass is 1310 g/mol. The van der Waals surface area contributed by atoms with Crippen LogP contribution < -0.4 is 5.32 Å². The van der Waals surface area contributed by atoms with Gasteiger partial charge in [0.15, 0.2) is 18.9 Å². The molecule has 0 bridgehead atoms. The van der Waals surface area contributed by atoms with E-state index < -0.39 is 124 Å². The minimum atomic E-state index is -1.98. The maximum Gasteiger partial charge on any atom is 0.220 e. The summed E-state index contributed by atoms with van der Waals surface area (Å²) in [6.45, 7) is 1.62. The zero-order valence-corrected chi connectivity index (χ0v) is 56.5. The molecule has 3 aliphatic rings. The minimum absolute atomic E-state index is 0.230. The number of aliphatic hydroxyl groups excluding tert-OH is 11. The van der Waals surface area contributed by atoms with E-state index in [1.54, 1.807) is 6.08 Å². The quantitative estimate of drug-likeness (QED) is 0.0199. The molecule has 0 aromatic rings. The van der Waals surface area contributed by atoms with Gasteiger partial charge in [0, 0.05) is 6.42 Å². The van der Waals surface area contributed by atoms with Crippen molar-refractivity contribution in [2.75, 3.05) is 26.4 Å². The van der Waals surface area contributed by atoms with Crippen LogP contribution in [0.4, 0.5) is 0 Å². The van der Waals surface area contributed by atoms with Gasteiger partial charge < -0.3 is 89.9 Å². The van der Waals surface area contributed by atoms with Crippen LogP contribution in [0.25, 0.3) is 0 Å². The Hall–Kier alpha value is -2.77. The summed E-state index contributed by atoms with van der Waals surface area (Å²) in [4.78, 5) is 13.4. The molecule has 534 valence electrons. The van der Waals surface area contributed by atoms with E-state index in [9.17, 15) is 61.0 Å². The van der Waals surface area contributed by atoms with E-state index in [2.05, 4.69) is 79.9 Å². The maximum atomic E-state index is 13.4. The molecule has 0 saturated carbocycles. The minimum Gasteiger partial charge on any atom is -0.394 e. The van der Waals surface area contributed by atoms with Crippen LogP contribution in [0.2, 0.25) is 0 Å².